The Morgan fingerprint density at radius 3 is 1.53 bits per heavy atom. The lowest BCUT2D eigenvalue weighted by atomic mass is 9.96. The van der Waals surface area contributed by atoms with Crippen molar-refractivity contribution in [1.29, 1.82) is 0 Å². The van der Waals surface area contributed by atoms with E-state index in [9.17, 15) is 26.3 Å². The van der Waals surface area contributed by atoms with Crippen LogP contribution in [-0.2, 0) is 12.4 Å². The number of rotatable bonds is 5. The predicted molar refractivity (Wildman–Crippen MR) is 213 cm³/mol. The van der Waals surface area contributed by atoms with Crippen LogP contribution in [0.1, 0.15) is 11.1 Å². The van der Waals surface area contributed by atoms with Crippen LogP contribution in [0, 0.1) is 0 Å². The van der Waals surface area contributed by atoms with E-state index in [1.807, 2.05) is 109 Å². The van der Waals surface area contributed by atoms with E-state index in [1.54, 1.807) is 12.1 Å². The molecule has 10 rings (SSSR count). The third-order valence-electron chi connectivity index (χ3n) is 10.3. The Balaban J connectivity index is 1.33. The van der Waals surface area contributed by atoms with Crippen molar-refractivity contribution in [1.82, 2.24) is 19.5 Å². The molecule has 3 heterocycles. The van der Waals surface area contributed by atoms with Crippen molar-refractivity contribution in [2.24, 2.45) is 0 Å². The van der Waals surface area contributed by atoms with Crippen LogP contribution in [0.3, 0.4) is 0 Å². The maximum absolute atomic E-state index is 14.3. The number of para-hydroxylation sites is 1. The molecule has 0 N–H and O–H groups in total. The average molecular weight is 777 g/mol. The molecular formula is C47H26F6N4O. The molecule has 0 radical (unpaired) electrons. The zero-order chi connectivity index (χ0) is 39.8. The van der Waals surface area contributed by atoms with E-state index in [2.05, 4.69) is 0 Å². The molecule has 10 aromatic rings. The molecule has 7 aromatic carbocycles. The molecule has 0 atom stereocenters. The predicted octanol–water partition coefficient (Wildman–Crippen LogP) is 13.6. The monoisotopic (exact) mass is 776 g/mol. The molecule has 282 valence electrons. The number of hydrogen-bond donors (Lipinski definition) is 0. The third kappa shape index (κ3) is 5.94. The fraction of sp³-hybridized carbons (Fsp3) is 0.0426. The normalized spacial score (nSPS) is 12.3. The highest BCUT2D eigenvalue weighted by Crippen LogP contribution is 2.44. The molecule has 0 bridgehead atoms. The molecule has 0 aliphatic heterocycles. The topological polar surface area (TPSA) is 56.7 Å². The number of fused-ring (bicyclic) bond motifs is 6. The lowest BCUT2D eigenvalue weighted by Gasteiger charge is -2.17. The Bertz CT molecular complexity index is 3080. The summed E-state index contributed by atoms with van der Waals surface area (Å²) in [6, 6.07) is 43.5. The summed E-state index contributed by atoms with van der Waals surface area (Å²) in [4.78, 5) is 14.8. The molecule has 0 aliphatic carbocycles. The molecule has 0 aliphatic rings. The number of nitrogens with zero attached hydrogens (tertiary/aromatic N) is 4. The van der Waals surface area contributed by atoms with Crippen LogP contribution in [0.4, 0.5) is 26.3 Å². The van der Waals surface area contributed by atoms with Crippen molar-refractivity contribution >= 4 is 43.7 Å². The van der Waals surface area contributed by atoms with Gasteiger partial charge in [-0.05, 0) is 59.7 Å². The van der Waals surface area contributed by atoms with Crippen LogP contribution in [0.5, 0.6) is 0 Å². The number of aromatic nitrogens is 4. The Kier molecular flexibility index (Phi) is 7.98. The van der Waals surface area contributed by atoms with E-state index in [0.717, 1.165) is 40.6 Å². The molecule has 0 saturated carbocycles. The van der Waals surface area contributed by atoms with Gasteiger partial charge in [-0.1, -0.05) is 109 Å². The molecule has 0 saturated heterocycles. The lowest BCUT2D eigenvalue weighted by molar-refractivity contribution is -0.138. The van der Waals surface area contributed by atoms with Gasteiger partial charge in [-0.25, -0.2) is 15.0 Å². The lowest BCUT2D eigenvalue weighted by Crippen LogP contribution is -2.07. The SMILES string of the molecule is FC(F)(F)c1ccc2c3ccc(C(F)(F)F)cc3n(-c3ccc(-c4cccc5oc6ccccc6c45)cc3-c3nc(-c4ccccc4)nc(-c4ccccc4)n3)c2c1. The quantitative estimate of drug-likeness (QED) is 0.163. The van der Waals surface area contributed by atoms with E-state index >= 15 is 0 Å². The van der Waals surface area contributed by atoms with Gasteiger partial charge in [0.1, 0.15) is 11.2 Å². The van der Waals surface area contributed by atoms with Crippen molar-refractivity contribution in [3.63, 3.8) is 0 Å². The van der Waals surface area contributed by atoms with Crippen LogP contribution in [0.2, 0.25) is 0 Å². The summed E-state index contributed by atoms with van der Waals surface area (Å²) in [5.74, 6) is 0.803. The molecule has 11 heteroatoms. The van der Waals surface area contributed by atoms with Crippen LogP contribution < -0.4 is 0 Å². The number of benzene rings is 7. The largest absolute Gasteiger partial charge is 0.456 e. The first kappa shape index (κ1) is 35.2. The summed E-state index contributed by atoms with van der Waals surface area (Å²) in [6.07, 6.45) is -9.45. The second-order valence-electron chi connectivity index (χ2n) is 13.8. The first-order chi connectivity index (χ1) is 28.0. The second kappa shape index (κ2) is 13.2. The molecular weight excluding hydrogens is 751 g/mol. The Labute approximate surface area is 325 Å². The molecule has 5 nitrogen and oxygen atoms in total. The molecule has 0 spiro atoms. The Hall–Kier alpha value is -7.27. The van der Waals surface area contributed by atoms with Crippen molar-refractivity contribution < 1.29 is 30.8 Å². The van der Waals surface area contributed by atoms with E-state index in [0.29, 0.717) is 55.8 Å². The summed E-state index contributed by atoms with van der Waals surface area (Å²) in [5, 5.41) is 2.39. The van der Waals surface area contributed by atoms with Crippen LogP contribution in [0.25, 0.3) is 94.7 Å². The summed E-state index contributed by atoms with van der Waals surface area (Å²) in [7, 11) is 0. The van der Waals surface area contributed by atoms with E-state index in [-0.39, 0.29) is 22.5 Å². The maximum atomic E-state index is 14.3. The van der Waals surface area contributed by atoms with E-state index < -0.39 is 23.5 Å². The van der Waals surface area contributed by atoms with E-state index in [4.69, 9.17) is 19.4 Å². The minimum absolute atomic E-state index is 0.0571. The summed E-state index contributed by atoms with van der Waals surface area (Å²) >= 11 is 0. The smallest absolute Gasteiger partial charge is 0.416 e. The third-order valence-corrected chi connectivity index (χ3v) is 10.3. The van der Waals surface area contributed by atoms with Crippen molar-refractivity contribution in [3.05, 3.63) is 169 Å². The highest BCUT2D eigenvalue weighted by Gasteiger charge is 2.34. The first-order valence-electron chi connectivity index (χ1n) is 18.2. The first-order valence-corrected chi connectivity index (χ1v) is 18.2. The van der Waals surface area contributed by atoms with Gasteiger partial charge in [0.05, 0.1) is 27.8 Å². The fourth-order valence-electron chi connectivity index (χ4n) is 7.65. The zero-order valence-corrected chi connectivity index (χ0v) is 30.0. The van der Waals surface area contributed by atoms with E-state index in [1.165, 1.54) is 16.7 Å². The number of hydrogen-bond acceptors (Lipinski definition) is 4. The van der Waals surface area contributed by atoms with Gasteiger partial charge in [-0.15, -0.1) is 0 Å². The summed E-state index contributed by atoms with van der Waals surface area (Å²) in [5.41, 5.74) is 2.98. The molecule has 0 unspecified atom stereocenters. The fourth-order valence-corrected chi connectivity index (χ4v) is 7.65. The summed E-state index contributed by atoms with van der Waals surface area (Å²) in [6.45, 7) is 0. The van der Waals surface area contributed by atoms with Crippen molar-refractivity contribution in [2.75, 3.05) is 0 Å². The van der Waals surface area contributed by atoms with Crippen LogP contribution in [-0.4, -0.2) is 19.5 Å². The zero-order valence-electron chi connectivity index (χ0n) is 30.0. The van der Waals surface area contributed by atoms with Crippen LogP contribution >= 0.6 is 0 Å². The second-order valence-corrected chi connectivity index (χ2v) is 13.8. The average Bonchev–Trinajstić information content (AvgIpc) is 3.78. The highest BCUT2D eigenvalue weighted by molar-refractivity contribution is 6.13. The standard InChI is InChI=1S/C47H26F6N4O/c48-46(49,50)30-19-21-33-34-22-20-31(47(51,52)53)26-39(34)57(38(33)25-30)37-23-18-29(32-15-9-17-41-42(32)35-14-7-8-16-40(35)58-41)24-36(37)45-55-43(27-10-3-1-4-11-27)54-44(56-45)28-12-5-2-6-13-28/h1-26H. The van der Waals surface area contributed by atoms with Gasteiger partial charge >= 0.3 is 12.4 Å². The van der Waals surface area contributed by atoms with Gasteiger partial charge in [0.15, 0.2) is 17.5 Å². The Morgan fingerprint density at radius 2 is 0.948 bits per heavy atom. The van der Waals surface area contributed by atoms with Crippen molar-refractivity contribution in [3.8, 4) is 51.0 Å². The van der Waals surface area contributed by atoms with Gasteiger partial charge < -0.3 is 8.98 Å². The highest BCUT2D eigenvalue weighted by atomic mass is 19.4. The maximum Gasteiger partial charge on any atom is 0.416 e. The molecule has 0 fully saturated rings. The molecule has 58 heavy (non-hydrogen) atoms. The van der Waals surface area contributed by atoms with Gasteiger partial charge in [-0.3, -0.25) is 0 Å². The van der Waals surface area contributed by atoms with Gasteiger partial charge in [-0.2, -0.15) is 26.3 Å². The van der Waals surface area contributed by atoms with Crippen molar-refractivity contribution in [2.45, 2.75) is 12.4 Å². The minimum Gasteiger partial charge on any atom is -0.456 e. The summed E-state index contributed by atoms with van der Waals surface area (Å²) < 4.78 is 93.7. The number of alkyl halides is 6. The van der Waals surface area contributed by atoms with Crippen LogP contribution in [0.15, 0.2) is 162 Å². The number of halogens is 6. The minimum atomic E-state index is -4.73. The molecule has 3 aromatic heterocycles. The Morgan fingerprint density at radius 1 is 0.414 bits per heavy atom. The van der Waals surface area contributed by atoms with Gasteiger partial charge in [0.25, 0.3) is 0 Å². The molecule has 0 amide bonds. The van der Waals surface area contributed by atoms with Gasteiger partial charge in [0.2, 0.25) is 0 Å². The van der Waals surface area contributed by atoms with Gasteiger partial charge in [0, 0.05) is 38.2 Å². The number of furan rings is 1.